The third-order valence-electron chi connectivity index (χ3n) is 2.97. The second-order valence-corrected chi connectivity index (χ2v) is 4.46. The second-order valence-electron chi connectivity index (χ2n) is 4.46. The fourth-order valence-corrected chi connectivity index (χ4v) is 1.92. The lowest BCUT2D eigenvalue weighted by Gasteiger charge is -2.05. The highest BCUT2D eigenvalue weighted by Gasteiger charge is 1.96. The van der Waals surface area contributed by atoms with Gasteiger partial charge >= 0.3 is 0 Å². The van der Waals surface area contributed by atoms with Crippen molar-refractivity contribution in [3.8, 4) is 5.75 Å². The Balaban J connectivity index is 1.71. The molecule has 2 aromatic rings. The third kappa shape index (κ3) is 3.64. The van der Waals surface area contributed by atoms with Gasteiger partial charge in [-0.1, -0.05) is 12.1 Å². The van der Waals surface area contributed by atoms with Crippen LogP contribution in [0, 0.1) is 0 Å². The van der Waals surface area contributed by atoms with E-state index in [1.807, 2.05) is 19.2 Å². The van der Waals surface area contributed by atoms with Gasteiger partial charge in [0.05, 0.1) is 7.11 Å². The summed E-state index contributed by atoms with van der Waals surface area (Å²) in [4.78, 5) is 0. The Labute approximate surface area is 108 Å². The van der Waals surface area contributed by atoms with E-state index < -0.39 is 0 Å². The standard InChI is InChI=1S/C15H20N2O/c1-17-10-8-14(12-17)11-16-9-7-13-3-5-15(18-2)6-4-13/h3-6,8,10,12,16H,7,9,11H2,1-2H3. The van der Waals surface area contributed by atoms with Crippen LogP contribution < -0.4 is 10.1 Å². The fraction of sp³-hybridized carbons (Fsp3) is 0.333. The van der Waals surface area contributed by atoms with Gasteiger partial charge in [-0.15, -0.1) is 0 Å². The van der Waals surface area contributed by atoms with Crippen LogP contribution in [0.15, 0.2) is 42.7 Å². The number of ether oxygens (including phenoxy) is 1. The van der Waals surface area contributed by atoms with Crippen molar-refractivity contribution >= 4 is 0 Å². The topological polar surface area (TPSA) is 26.2 Å². The average Bonchev–Trinajstić information content (AvgIpc) is 2.81. The summed E-state index contributed by atoms with van der Waals surface area (Å²) in [5.41, 5.74) is 2.66. The van der Waals surface area contributed by atoms with Crippen LogP contribution in [-0.4, -0.2) is 18.2 Å². The van der Waals surface area contributed by atoms with E-state index in [-0.39, 0.29) is 0 Å². The van der Waals surface area contributed by atoms with Crippen molar-refractivity contribution < 1.29 is 4.74 Å². The van der Waals surface area contributed by atoms with Gasteiger partial charge in [0.25, 0.3) is 0 Å². The van der Waals surface area contributed by atoms with Gasteiger partial charge in [-0.05, 0) is 42.3 Å². The Kier molecular flexibility index (Phi) is 4.42. The predicted octanol–water partition coefficient (Wildman–Crippen LogP) is 2.37. The van der Waals surface area contributed by atoms with Crippen molar-refractivity contribution in [3.63, 3.8) is 0 Å². The summed E-state index contributed by atoms with van der Waals surface area (Å²) in [7, 11) is 3.73. The fourth-order valence-electron chi connectivity index (χ4n) is 1.92. The maximum atomic E-state index is 5.14. The SMILES string of the molecule is COc1ccc(CCNCc2ccn(C)c2)cc1. The quantitative estimate of drug-likeness (QED) is 0.790. The predicted molar refractivity (Wildman–Crippen MR) is 73.8 cm³/mol. The first-order valence-corrected chi connectivity index (χ1v) is 6.22. The van der Waals surface area contributed by atoms with Gasteiger partial charge in [-0.25, -0.2) is 0 Å². The summed E-state index contributed by atoms with van der Waals surface area (Å²) in [5.74, 6) is 0.913. The highest BCUT2D eigenvalue weighted by atomic mass is 16.5. The Morgan fingerprint density at radius 3 is 2.50 bits per heavy atom. The van der Waals surface area contributed by atoms with Crippen LogP contribution in [0.3, 0.4) is 0 Å². The van der Waals surface area contributed by atoms with E-state index in [4.69, 9.17) is 4.74 Å². The molecule has 0 radical (unpaired) electrons. The molecule has 18 heavy (non-hydrogen) atoms. The molecule has 0 bridgehead atoms. The van der Waals surface area contributed by atoms with Gasteiger partial charge in [-0.3, -0.25) is 0 Å². The maximum absolute atomic E-state index is 5.14. The first kappa shape index (κ1) is 12.7. The Morgan fingerprint density at radius 1 is 1.11 bits per heavy atom. The van der Waals surface area contributed by atoms with Crippen molar-refractivity contribution in [1.82, 2.24) is 9.88 Å². The van der Waals surface area contributed by atoms with Gasteiger partial charge in [0.1, 0.15) is 5.75 Å². The number of nitrogens with zero attached hydrogens (tertiary/aromatic N) is 1. The molecule has 0 unspecified atom stereocenters. The normalized spacial score (nSPS) is 10.6. The zero-order valence-electron chi connectivity index (χ0n) is 11.0. The molecule has 0 amide bonds. The molecular weight excluding hydrogens is 224 g/mol. The highest BCUT2D eigenvalue weighted by Crippen LogP contribution is 2.11. The number of rotatable bonds is 6. The highest BCUT2D eigenvalue weighted by molar-refractivity contribution is 5.27. The van der Waals surface area contributed by atoms with Gasteiger partial charge in [-0.2, -0.15) is 0 Å². The molecule has 0 saturated carbocycles. The minimum atomic E-state index is 0.913. The first-order valence-electron chi connectivity index (χ1n) is 6.22. The summed E-state index contributed by atoms with van der Waals surface area (Å²) in [5, 5.41) is 3.45. The lowest BCUT2D eigenvalue weighted by atomic mass is 10.1. The molecule has 96 valence electrons. The van der Waals surface area contributed by atoms with Crippen molar-refractivity contribution in [3.05, 3.63) is 53.9 Å². The Morgan fingerprint density at radius 2 is 1.89 bits per heavy atom. The molecule has 0 spiro atoms. The number of hydrogen-bond acceptors (Lipinski definition) is 2. The van der Waals surface area contributed by atoms with Crippen molar-refractivity contribution in [2.75, 3.05) is 13.7 Å². The van der Waals surface area contributed by atoms with Crippen molar-refractivity contribution in [2.24, 2.45) is 7.05 Å². The first-order chi connectivity index (χ1) is 8.78. The molecule has 1 aromatic heterocycles. The van der Waals surface area contributed by atoms with Crippen LogP contribution in [-0.2, 0) is 20.0 Å². The van der Waals surface area contributed by atoms with E-state index in [9.17, 15) is 0 Å². The molecule has 2 rings (SSSR count). The molecule has 0 atom stereocenters. The molecule has 0 aliphatic heterocycles. The lowest BCUT2D eigenvalue weighted by molar-refractivity contribution is 0.414. The minimum absolute atomic E-state index is 0.913. The monoisotopic (exact) mass is 244 g/mol. The lowest BCUT2D eigenvalue weighted by Crippen LogP contribution is -2.16. The van der Waals surface area contributed by atoms with E-state index in [0.717, 1.165) is 25.3 Å². The molecule has 1 N–H and O–H groups in total. The summed E-state index contributed by atoms with van der Waals surface area (Å²) < 4.78 is 7.21. The number of aromatic nitrogens is 1. The van der Waals surface area contributed by atoms with E-state index in [1.165, 1.54) is 11.1 Å². The molecule has 0 fully saturated rings. The number of aryl methyl sites for hydroxylation is 1. The molecule has 3 heteroatoms. The van der Waals surface area contributed by atoms with Crippen molar-refractivity contribution in [2.45, 2.75) is 13.0 Å². The van der Waals surface area contributed by atoms with Gasteiger partial charge in [0, 0.05) is 26.0 Å². The second kappa shape index (κ2) is 6.26. The third-order valence-corrected chi connectivity index (χ3v) is 2.97. The van der Waals surface area contributed by atoms with Crippen LogP contribution in [0.5, 0.6) is 5.75 Å². The zero-order chi connectivity index (χ0) is 12.8. The van der Waals surface area contributed by atoms with Gasteiger partial charge in [0.15, 0.2) is 0 Å². The van der Waals surface area contributed by atoms with E-state index in [1.54, 1.807) is 7.11 Å². The number of hydrogen-bond donors (Lipinski definition) is 1. The van der Waals surface area contributed by atoms with Gasteiger partial charge in [0.2, 0.25) is 0 Å². The molecule has 0 aliphatic rings. The number of methoxy groups -OCH3 is 1. The number of nitrogens with one attached hydrogen (secondary N) is 1. The molecule has 0 aliphatic carbocycles. The van der Waals surface area contributed by atoms with Crippen LogP contribution in [0.1, 0.15) is 11.1 Å². The molecule has 1 heterocycles. The number of benzene rings is 1. The van der Waals surface area contributed by atoms with E-state index in [2.05, 4.69) is 40.5 Å². The Bertz CT molecular complexity index is 473. The zero-order valence-corrected chi connectivity index (χ0v) is 11.0. The maximum Gasteiger partial charge on any atom is 0.118 e. The van der Waals surface area contributed by atoms with Gasteiger partial charge < -0.3 is 14.6 Å². The summed E-state index contributed by atoms with van der Waals surface area (Å²) >= 11 is 0. The van der Waals surface area contributed by atoms with Crippen molar-refractivity contribution in [1.29, 1.82) is 0 Å². The molecular formula is C15H20N2O. The Hall–Kier alpha value is -1.74. The average molecular weight is 244 g/mol. The summed E-state index contributed by atoms with van der Waals surface area (Å²) in [6, 6.07) is 10.4. The van der Waals surface area contributed by atoms with Crippen LogP contribution in [0.2, 0.25) is 0 Å². The minimum Gasteiger partial charge on any atom is -0.497 e. The smallest absolute Gasteiger partial charge is 0.118 e. The molecule has 3 nitrogen and oxygen atoms in total. The summed E-state index contributed by atoms with van der Waals surface area (Å²) in [6.07, 6.45) is 5.25. The van der Waals surface area contributed by atoms with E-state index in [0.29, 0.717) is 0 Å². The summed E-state index contributed by atoms with van der Waals surface area (Å²) in [6.45, 7) is 1.91. The van der Waals surface area contributed by atoms with Crippen LogP contribution in [0.4, 0.5) is 0 Å². The largest absolute Gasteiger partial charge is 0.497 e. The van der Waals surface area contributed by atoms with E-state index >= 15 is 0 Å². The van der Waals surface area contributed by atoms with Crippen LogP contribution >= 0.6 is 0 Å². The van der Waals surface area contributed by atoms with Crippen LogP contribution in [0.25, 0.3) is 0 Å². The molecule has 1 aromatic carbocycles. The molecule has 0 saturated heterocycles.